The number of nitrogens with one attached hydrogen (secondary N) is 2. The van der Waals surface area contributed by atoms with Crippen LogP contribution in [0.25, 0.3) is 0 Å². The molecule has 0 fully saturated rings. The average Bonchev–Trinajstić information content (AvgIpc) is 2.78. The molecule has 0 saturated heterocycles. The lowest BCUT2D eigenvalue weighted by atomic mass is 10.1. The van der Waals surface area contributed by atoms with Gasteiger partial charge in [0.25, 0.3) is 10.1 Å². The predicted octanol–water partition coefficient (Wildman–Crippen LogP) is 4.11. The Hall–Kier alpha value is -3.34. The van der Waals surface area contributed by atoms with Crippen LogP contribution in [0.2, 0.25) is 0 Å². The number of azo groups is 1. The van der Waals surface area contributed by atoms with E-state index >= 15 is 0 Å². The summed E-state index contributed by atoms with van der Waals surface area (Å²) in [6.45, 7) is 7.46. The molecule has 34 heavy (non-hydrogen) atoms. The van der Waals surface area contributed by atoms with Crippen molar-refractivity contribution in [1.29, 1.82) is 5.26 Å². The molecule has 2 aromatic rings. The fraction of sp³-hybridized carbons (Fsp3) is 0.333. The highest BCUT2D eigenvalue weighted by molar-refractivity contribution is 7.94. The lowest BCUT2D eigenvalue weighted by Gasteiger charge is -2.15. The maximum absolute atomic E-state index is 11.7. The van der Waals surface area contributed by atoms with Gasteiger partial charge >= 0.3 is 0 Å². The van der Waals surface area contributed by atoms with Crippen molar-refractivity contribution in [2.45, 2.75) is 31.6 Å². The minimum absolute atomic E-state index is 0.00642. The Morgan fingerprint density at radius 3 is 2.44 bits per heavy atom. The molecule has 11 nitrogen and oxygen atoms in total. The van der Waals surface area contributed by atoms with Crippen LogP contribution in [0.3, 0.4) is 0 Å². The van der Waals surface area contributed by atoms with E-state index in [-0.39, 0.29) is 40.9 Å². The van der Waals surface area contributed by atoms with Gasteiger partial charge in [-0.1, -0.05) is 32.1 Å². The van der Waals surface area contributed by atoms with Gasteiger partial charge in [0.2, 0.25) is 0 Å². The molecule has 0 aliphatic carbocycles. The standard InChI is InChI=1S/C21H26N6O5S2/c1-4-6-11-23-21-19(27-26-17-9-7-8-10-18(17)34(30,31)32)15(3)16(14-22)20(25-21)24-12-13-33(28,29)5-2/h5,7-10H,2,4,6,11-13H2,1,3H3,(H2,23,24,25)(H,30,31,32). The van der Waals surface area contributed by atoms with E-state index < -0.39 is 24.9 Å². The van der Waals surface area contributed by atoms with Crippen molar-refractivity contribution in [3.8, 4) is 6.07 Å². The molecule has 1 heterocycles. The highest BCUT2D eigenvalue weighted by atomic mass is 32.2. The summed E-state index contributed by atoms with van der Waals surface area (Å²) in [5, 5.41) is 24.7. The van der Waals surface area contributed by atoms with Gasteiger partial charge in [0.05, 0.1) is 11.3 Å². The molecule has 0 radical (unpaired) electrons. The summed E-state index contributed by atoms with van der Waals surface area (Å²) >= 11 is 0. The number of nitriles is 1. The van der Waals surface area contributed by atoms with Crippen LogP contribution in [-0.4, -0.2) is 45.2 Å². The zero-order valence-corrected chi connectivity index (χ0v) is 20.4. The third-order valence-electron chi connectivity index (χ3n) is 4.68. The maximum Gasteiger partial charge on any atom is 0.296 e. The number of benzene rings is 1. The molecule has 0 spiro atoms. The van der Waals surface area contributed by atoms with Crippen LogP contribution < -0.4 is 10.6 Å². The maximum atomic E-state index is 11.7. The van der Waals surface area contributed by atoms with Gasteiger partial charge in [-0.15, -0.1) is 10.2 Å². The molecule has 0 aliphatic heterocycles. The molecule has 0 unspecified atom stereocenters. The average molecular weight is 507 g/mol. The minimum Gasteiger partial charge on any atom is -0.368 e. The lowest BCUT2D eigenvalue weighted by Crippen LogP contribution is -2.16. The summed E-state index contributed by atoms with van der Waals surface area (Å²) in [5.41, 5.74) is 0.661. The largest absolute Gasteiger partial charge is 0.368 e. The first-order chi connectivity index (χ1) is 16.0. The van der Waals surface area contributed by atoms with Gasteiger partial charge in [0, 0.05) is 24.1 Å². The fourth-order valence-corrected chi connectivity index (χ4v) is 4.02. The Labute approximate surface area is 199 Å². The number of unbranched alkanes of at least 4 members (excludes halogenated alkanes) is 1. The third-order valence-corrected chi connectivity index (χ3v) is 6.87. The summed E-state index contributed by atoms with van der Waals surface area (Å²) in [6.07, 6.45) is 1.73. The van der Waals surface area contributed by atoms with Crippen molar-refractivity contribution < 1.29 is 21.4 Å². The molecule has 3 N–H and O–H groups in total. The zero-order valence-electron chi connectivity index (χ0n) is 18.8. The molecule has 1 aromatic carbocycles. The van der Waals surface area contributed by atoms with E-state index in [0.29, 0.717) is 12.1 Å². The van der Waals surface area contributed by atoms with Crippen molar-refractivity contribution in [2.75, 3.05) is 29.5 Å². The van der Waals surface area contributed by atoms with Gasteiger partial charge in [-0.2, -0.15) is 13.7 Å². The molecule has 13 heteroatoms. The molecule has 1 aromatic heterocycles. The van der Waals surface area contributed by atoms with Crippen molar-refractivity contribution in [2.24, 2.45) is 10.2 Å². The Balaban J connectivity index is 2.53. The highest BCUT2D eigenvalue weighted by Gasteiger charge is 2.19. The Kier molecular flexibility index (Phi) is 9.25. The van der Waals surface area contributed by atoms with Crippen LogP contribution in [0.5, 0.6) is 0 Å². The van der Waals surface area contributed by atoms with Gasteiger partial charge < -0.3 is 10.6 Å². The first-order valence-corrected chi connectivity index (χ1v) is 13.5. The molecule has 0 aliphatic rings. The molecule has 0 bridgehead atoms. The fourth-order valence-electron chi connectivity index (χ4n) is 2.84. The number of hydrogen-bond acceptors (Lipinski definition) is 10. The minimum atomic E-state index is -4.52. The van der Waals surface area contributed by atoms with E-state index in [0.717, 1.165) is 18.2 Å². The summed E-state index contributed by atoms with van der Waals surface area (Å²) in [5.74, 6) is 0.233. The van der Waals surface area contributed by atoms with E-state index in [1.165, 1.54) is 18.2 Å². The van der Waals surface area contributed by atoms with Crippen LogP contribution in [-0.2, 0) is 20.0 Å². The quantitative estimate of drug-likeness (QED) is 0.217. The van der Waals surface area contributed by atoms with E-state index in [4.69, 9.17) is 0 Å². The van der Waals surface area contributed by atoms with Crippen LogP contribution in [0.4, 0.5) is 23.0 Å². The summed E-state index contributed by atoms with van der Waals surface area (Å²) in [4.78, 5) is 4.01. The number of anilines is 2. The monoisotopic (exact) mass is 506 g/mol. The molecule has 182 valence electrons. The van der Waals surface area contributed by atoms with E-state index in [1.807, 2.05) is 13.0 Å². The van der Waals surface area contributed by atoms with E-state index in [9.17, 15) is 26.7 Å². The zero-order chi connectivity index (χ0) is 25.4. The molecule has 2 rings (SSSR count). The van der Waals surface area contributed by atoms with Crippen LogP contribution in [0.15, 0.2) is 51.4 Å². The number of nitrogens with zero attached hydrogens (tertiary/aromatic N) is 4. The Morgan fingerprint density at radius 2 is 1.82 bits per heavy atom. The topological polar surface area (TPSA) is 174 Å². The second kappa shape index (κ2) is 11.7. The Morgan fingerprint density at radius 1 is 1.15 bits per heavy atom. The number of pyridine rings is 1. The molecular weight excluding hydrogens is 480 g/mol. The normalized spacial score (nSPS) is 11.8. The number of aromatic nitrogens is 1. The van der Waals surface area contributed by atoms with Crippen molar-refractivity contribution >= 4 is 43.0 Å². The van der Waals surface area contributed by atoms with Gasteiger partial charge in [0.15, 0.2) is 15.7 Å². The predicted molar refractivity (Wildman–Crippen MR) is 130 cm³/mol. The van der Waals surface area contributed by atoms with Gasteiger partial charge in [-0.3, -0.25) is 4.55 Å². The van der Waals surface area contributed by atoms with Crippen molar-refractivity contribution in [1.82, 2.24) is 4.98 Å². The van der Waals surface area contributed by atoms with Crippen molar-refractivity contribution in [3.05, 3.63) is 47.4 Å². The van der Waals surface area contributed by atoms with Crippen LogP contribution >= 0.6 is 0 Å². The second-order valence-electron chi connectivity index (χ2n) is 7.15. The van der Waals surface area contributed by atoms with Gasteiger partial charge in [-0.25, -0.2) is 13.4 Å². The molecular formula is C21H26N6O5S2. The van der Waals surface area contributed by atoms with Crippen LogP contribution in [0.1, 0.15) is 30.9 Å². The summed E-state index contributed by atoms with van der Waals surface area (Å²) < 4.78 is 56.1. The van der Waals surface area contributed by atoms with Gasteiger partial charge in [-0.05, 0) is 25.5 Å². The van der Waals surface area contributed by atoms with Crippen LogP contribution in [0, 0.1) is 18.3 Å². The lowest BCUT2D eigenvalue weighted by molar-refractivity contribution is 0.483. The smallest absolute Gasteiger partial charge is 0.296 e. The van der Waals surface area contributed by atoms with Gasteiger partial charge in [0.1, 0.15) is 28.2 Å². The molecule has 0 amide bonds. The van der Waals surface area contributed by atoms with E-state index in [1.54, 1.807) is 13.0 Å². The number of rotatable bonds is 12. The number of hydrogen-bond donors (Lipinski definition) is 3. The Bertz CT molecular complexity index is 1330. The third kappa shape index (κ3) is 7.08. The molecule has 0 atom stereocenters. The highest BCUT2D eigenvalue weighted by Crippen LogP contribution is 2.35. The van der Waals surface area contributed by atoms with Crippen molar-refractivity contribution in [3.63, 3.8) is 0 Å². The summed E-state index contributed by atoms with van der Waals surface area (Å²) in [7, 11) is -7.96. The number of sulfone groups is 1. The van der Waals surface area contributed by atoms with E-state index in [2.05, 4.69) is 32.4 Å². The first kappa shape index (κ1) is 26.9. The second-order valence-corrected chi connectivity index (χ2v) is 10.6. The molecule has 0 saturated carbocycles. The first-order valence-electron chi connectivity index (χ1n) is 10.3. The summed E-state index contributed by atoms with van der Waals surface area (Å²) in [6, 6.07) is 7.58. The SMILES string of the molecule is C=CS(=O)(=O)CCNc1nc(NCCCC)c(N=Nc2ccccc2S(=O)(=O)O)c(C)c1C#N.